The van der Waals surface area contributed by atoms with Crippen LogP contribution in [-0.4, -0.2) is 0 Å². The van der Waals surface area contributed by atoms with Crippen molar-refractivity contribution >= 4 is 15.9 Å². The lowest BCUT2D eigenvalue weighted by Gasteiger charge is -2.24. The molecule has 1 unspecified atom stereocenters. The summed E-state index contributed by atoms with van der Waals surface area (Å²) in [7, 11) is 0. The van der Waals surface area contributed by atoms with Crippen LogP contribution in [0.15, 0.2) is 53.0 Å². The fraction of sp³-hybridized carbons (Fsp3) is 0.235. The van der Waals surface area contributed by atoms with Crippen molar-refractivity contribution in [1.82, 2.24) is 5.32 Å². The molecular formula is C17H17BrN2. The molecule has 0 spiro atoms. The molecule has 2 aromatic rings. The highest BCUT2D eigenvalue weighted by molar-refractivity contribution is 9.10. The second-order valence-corrected chi connectivity index (χ2v) is 6.00. The van der Waals surface area contributed by atoms with Crippen molar-refractivity contribution in [3.8, 4) is 6.07 Å². The minimum atomic E-state index is -0.680. The molecule has 0 aliphatic carbocycles. The largest absolute Gasteiger partial charge is 0.292 e. The molecule has 0 bridgehead atoms. The van der Waals surface area contributed by atoms with Gasteiger partial charge in [0.05, 0.1) is 6.07 Å². The molecule has 0 aromatic heterocycles. The van der Waals surface area contributed by atoms with Crippen molar-refractivity contribution in [2.45, 2.75) is 25.9 Å². The van der Waals surface area contributed by atoms with Crippen LogP contribution < -0.4 is 5.32 Å². The predicted octanol–water partition coefficient (Wildman–Crippen LogP) is 4.29. The SMILES string of the molecule is Cc1ccc(C(C)(C#N)NCc2ccc(Br)cc2)cc1. The number of hydrogen-bond donors (Lipinski definition) is 1. The molecule has 0 fully saturated rings. The fourth-order valence-electron chi connectivity index (χ4n) is 1.97. The topological polar surface area (TPSA) is 35.8 Å². The van der Waals surface area contributed by atoms with E-state index in [1.165, 1.54) is 5.56 Å². The molecule has 20 heavy (non-hydrogen) atoms. The highest BCUT2D eigenvalue weighted by Gasteiger charge is 2.25. The van der Waals surface area contributed by atoms with E-state index >= 15 is 0 Å². The van der Waals surface area contributed by atoms with Crippen LogP contribution in [0, 0.1) is 18.3 Å². The average molecular weight is 329 g/mol. The van der Waals surface area contributed by atoms with Gasteiger partial charge in [0, 0.05) is 11.0 Å². The minimum Gasteiger partial charge on any atom is -0.292 e. The Hall–Kier alpha value is -1.63. The van der Waals surface area contributed by atoms with E-state index in [-0.39, 0.29) is 0 Å². The lowest BCUT2D eigenvalue weighted by atomic mass is 9.92. The summed E-state index contributed by atoms with van der Waals surface area (Å²) in [5, 5.41) is 12.9. The monoisotopic (exact) mass is 328 g/mol. The Morgan fingerprint density at radius 3 is 2.25 bits per heavy atom. The van der Waals surface area contributed by atoms with Crippen molar-refractivity contribution in [1.29, 1.82) is 5.26 Å². The van der Waals surface area contributed by atoms with Gasteiger partial charge in [-0.05, 0) is 37.1 Å². The third-order valence-electron chi connectivity index (χ3n) is 3.41. The Balaban J connectivity index is 2.13. The standard InChI is InChI=1S/C17H17BrN2/c1-13-3-7-15(8-4-13)17(2,12-19)20-11-14-5-9-16(18)10-6-14/h3-10,20H,11H2,1-2H3. The van der Waals surface area contributed by atoms with Crippen molar-refractivity contribution in [2.75, 3.05) is 0 Å². The van der Waals surface area contributed by atoms with Crippen LogP contribution in [0.4, 0.5) is 0 Å². The quantitative estimate of drug-likeness (QED) is 0.908. The van der Waals surface area contributed by atoms with Crippen LogP contribution in [-0.2, 0) is 12.1 Å². The molecule has 0 saturated carbocycles. The van der Waals surface area contributed by atoms with Gasteiger partial charge in [-0.25, -0.2) is 0 Å². The summed E-state index contributed by atoms with van der Waals surface area (Å²) in [4.78, 5) is 0. The molecular weight excluding hydrogens is 312 g/mol. The van der Waals surface area contributed by atoms with E-state index in [0.717, 1.165) is 15.6 Å². The first-order valence-corrected chi connectivity index (χ1v) is 7.31. The maximum Gasteiger partial charge on any atom is 0.129 e. The van der Waals surface area contributed by atoms with Gasteiger partial charge in [0.2, 0.25) is 0 Å². The summed E-state index contributed by atoms with van der Waals surface area (Å²) in [6.07, 6.45) is 0. The van der Waals surface area contributed by atoms with E-state index in [1.54, 1.807) is 0 Å². The van der Waals surface area contributed by atoms with Crippen LogP contribution in [0.2, 0.25) is 0 Å². The third kappa shape index (κ3) is 3.47. The highest BCUT2D eigenvalue weighted by Crippen LogP contribution is 2.21. The molecule has 0 aliphatic heterocycles. The first kappa shape index (κ1) is 14.8. The first-order valence-electron chi connectivity index (χ1n) is 6.51. The van der Waals surface area contributed by atoms with Gasteiger partial charge in [0.1, 0.15) is 5.54 Å². The Morgan fingerprint density at radius 2 is 1.70 bits per heavy atom. The summed E-state index contributed by atoms with van der Waals surface area (Å²) < 4.78 is 1.06. The lowest BCUT2D eigenvalue weighted by Crippen LogP contribution is -2.37. The molecule has 0 aliphatic rings. The van der Waals surface area contributed by atoms with Gasteiger partial charge in [-0.2, -0.15) is 5.26 Å². The molecule has 0 saturated heterocycles. The van der Waals surface area contributed by atoms with E-state index in [0.29, 0.717) is 6.54 Å². The van der Waals surface area contributed by atoms with E-state index in [2.05, 4.69) is 27.3 Å². The van der Waals surface area contributed by atoms with E-state index in [9.17, 15) is 5.26 Å². The van der Waals surface area contributed by atoms with Crippen LogP contribution >= 0.6 is 15.9 Å². The molecule has 0 amide bonds. The molecule has 0 radical (unpaired) electrons. The second-order valence-electron chi connectivity index (χ2n) is 5.08. The molecule has 1 N–H and O–H groups in total. The van der Waals surface area contributed by atoms with E-state index in [1.807, 2.05) is 62.4 Å². The molecule has 2 aromatic carbocycles. The molecule has 2 nitrogen and oxygen atoms in total. The normalized spacial score (nSPS) is 13.5. The zero-order chi connectivity index (χ0) is 14.6. The molecule has 3 heteroatoms. The van der Waals surface area contributed by atoms with Crippen molar-refractivity contribution < 1.29 is 0 Å². The third-order valence-corrected chi connectivity index (χ3v) is 3.94. The fourth-order valence-corrected chi connectivity index (χ4v) is 2.24. The lowest BCUT2D eigenvalue weighted by molar-refractivity contribution is 0.464. The zero-order valence-electron chi connectivity index (χ0n) is 11.7. The molecule has 1 atom stereocenters. The Labute approximate surface area is 128 Å². The number of nitriles is 1. The Bertz CT molecular complexity index is 611. The zero-order valence-corrected chi connectivity index (χ0v) is 13.2. The van der Waals surface area contributed by atoms with Gasteiger partial charge < -0.3 is 0 Å². The summed E-state index contributed by atoms with van der Waals surface area (Å²) in [5.41, 5.74) is 2.66. The van der Waals surface area contributed by atoms with Crippen LogP contribution in [0.5, 0.6) is 0 Å². The number of nitrogens with one attached hydrogen (secondary N) is 1. The van der Waals surface area contributed by atoms with Crippen LogP contribution in [0.25, 0.3) is 0 Å². The van der Waals surface area contributed by atoms with Gasteiger partial charge >= 0.3 is 0 Å². The minimum absolute atomic E-state index is 0.658. The maximum absolute atomic E-state index is 9.51. The number of benzene rings is 2. The summed E-state index contributed by atoms with van der Waals surface area (Å²) in [6.45, 7) is 4.62. The number of aryl methyl sites for hydroxylation is 1. The van der Waals surface area contributed by atoms with Crippen molar-refractivity contribution in [2.24, 2.45) is 0 Å². The number of hydrogen-bond acceptors (Lipinski definition) is 2. The average Bonchev–Trinajstić information content (AvgIpc) is 2.47. The maximum atomic E-state index is 9.51. The Morgan fingerprint density at radius 1 is 1.10 bits per heavy atom. The van der Waals surface area contributed by atoms with E-state index in [4.69, 9.17) is 0 Å². The summed E-state index contributed by atoms with van der Waals surface area (Å²) in [6, 6.07) is 18.6. The highest BCUT2D eigenvalue weighted by atomic mass is 79.9. The summed E-state index contributed by atoms with van der Waals surface area (Å²) in [5.74, 6) is 0. The van der Waals surface area contributed by atoms with Gasteiger partial charge in [0.25, 0.3) is 0 Å². The van der Waals surface area contributed by atoms with Crippen molar-refractivity contribution in [3.05, 3.63) is 69.7 Å². The van der Waals surface area contributed by atoms with Gasteiger partial charge in [-0.15, -0.1) is 0 Å². The van der Waals surface area contributed by atoms with Gasteiger partial charge in [-0.1, -0.05) is 57.9 Å². The summed E-state index contributed by atoms with van der Waals surface area (Å²) >= 11 is 3.42. The van der Waals surface area contributed by atoms with E-state index < -0.39 is 5.54 Å². The van der Waals surface area contributed by atoms with Crippen LogP contribution in [0.3, 0.4) is 0 Å². The molecule has 2 rings (SSSR count). The van der Waals surface area contributed by atoms with Gasteiger partial charge in [0.15, 0.2) is 0 Å². The van der Waals surface area contributed by atoms with Crippen LogP contribution in [0.1, 0.15) is 23.6 Å². The number of halogens is 1. The molecule has 102 valence electrons. The smallest absolute Gasteiger partial charge is 0.129 e. The Kier molecular flexibility index (Phi) is 4.59. The van der Waals surface area contributed by atoms with Crippen molar-refractivity contribution in [3.63, 3.8) is 0 Å². The predicted molar refractivity (Wildman–Crippen MR) is 85.1 cm³/mol. The van der Waals surface area contributed by atoms with Gasteiger partial charge in [-0.3, -0.25) is 5.32 Å². The first-order chi connectivity index (χ1) is 9.53. The molecule has 0 heterocycles. The number of nitrogens with zero attached hydrogens (tertiary/aromatic N) is 1. The second kappa shape index (κ2) is 6.21. The number of rotatable bonds is 4.